The summed E-state index contributed by atoms with van der Waals surface area (Å²) in [6.45, 7) is 4.21. The van der Waals surface area contributed by atoms with Crippen molar-refractivity contribution in [3.63, 3.8) is 0 Å². The van der Waals surface area contributed by atoms with Crippen LogP contribution in [0.5, 0.6) is 0 Å². The van der Waals surface area contributed by atoms with E-state index >= 15 is 0 Å². The number of nitro benzene ring substituents is 1. The maximum absolute atomic E-state index is 12.5. The van der Waals surface area contributed by atoms with E-state index in [1.54, 1.807) is 12.1 Å². The van der Waals surface area contributed by atoms with Crippen LogP contribution in [0.15, 0.2) is 64.6 Å². The van der Waals surface area contributed by atoms with Crippen molar-refractivity contribution in [1.82, 2.24) is 4.57 Å². The van der Waals surface area contributed by atoms with Crippen LogP contribution in [0.25, 0.3) is 10.2 Å². The number of aromatic nitrogens is 1. The third-order valence-corrected chi connectivity index (χ3v) is 5.02. The molecule has 2 aromatic carbocycles. The predicted molar refractivity (Wildman–Crippen MR) is 101 cm³/mol. The summed E-state index contributed by atoms with van der Waals surface area (Å²) < 4.78 is 3.72. The Kier molecular flexibility index (Phi) is 4.91. The molecular weight excluding hydrogens is 406 g/mol. The van der Waals surface area contributed by atoms with Crippen molar-refractivity contribution in [1.29, 1.82) is 0 Å². The van der Waals surface area contributed by atoms with Crippen LogP contribution in [-0.4, -0.2) is 15.4 Å². The molecule has 0 bridgehead atoms. The van der Waals surface area contributed by atoms with E-state index in [0.717, 1.165) is 14.7 Å². The highest BCUT2D eigenvalue weighted by Gasteiger charge is 2.19. The van der Waals surface area contributed by atoms with Crippen molar-refractivity contribution in [2.24, 2.45) is 4.99 Å². The summed E-state index contributed by atoms with van der Waals surface area (Å²) in [6.07, 6.45) is 1.71. The van der Waals surface area contributed by atoms with Crippen LogP contribution in [0, 0.1) is 10.1 Å². The Labute approximate surface area is 155 Å². The molecular formula is C17H12BrN3O3S. The van der Waals surface area contributed by atoms with Crippen LogP contribution >= 0.6 is 27.3 Å². The first-order chi connectivity index (χ1) is 12.0. The van der Waals surface area contributed by atoms with E-state index in [9.17, 15) is 14.9 Å². The summed E-state index contributed by atoms with van der Waals surface area (Å²) in [5.74, 6) is -0.643. The number of benzene rings is 2. The summed E-state index contributed by atoms with van der Waals surface area (Å²) in [5, 5.41) is 11.1. The van der Waals surface area contributed by atoms with E-state index in [-0.39, 0.29) is 11.3 Å². The first-order valence-corrected chi connectivity index (χ1v) is 8.84. The molecule has 0 aliphatic heterocycles. The Bertz CT molecular complexity index is 1070. The zero-order valence-electron chi connectivity index (χ0n) is 12.9. The van der Waals surface area contributed by atoms with Crippen molar-refractivity contribution in [3.05, 3.63) is 80.1 Å². The molecule has 25 heavy (non-hydrogen) atoms. The topological polar surface area (TPSA) is 77.5 Å². The maximum Gasteiger partial charge on any atom is 0.286 e. The molecule has 1 amide bonds. The van der Waals surface area contributed by atoms with Crippen LogP contribution in [0.2, 0.25) is 0 Å². The number of nitro groups is 1. The minimum atomic E-state index is -0.643. The number of fused-ring (bicyclic) bond motifs is 1. The first-order valence-electron chi connectivity index (χ1n) is 7.23. The maximum atomic E-state index is 12.5. The molecule has 0 atom stereocenters. The summed E-state index contributed by atoms with van der Waals surface area (Å²) in [5.41, 5.74) is 0.633. The second-order valence-corrected chi connectivity index (χ2v) is 7.01. The fraction of sp³-hybridized carbons (Fsp3) is 0.0588. The lowest BCUT2D eigenvalue weighted by Gasteiger charge is -2.01. The van der Waals surface area contributed by atoms with Gasteiger partial charge in [-0.25, -0.2) is 0 Å². The molecule has 3 rings (SSSR count). The quantitative estimate of drug-likeness (QED) is 0.360. The van der Waals surface area contributed by atoms with Gasteiger partial charge >= 0.3 is 0 Å². The van der Waals surface area contributed by atoms with E-state index in [4.69, 9.17) is 0 Å². The highest BCUT2D eigenvalue weighted by molar-refractivity contribution is 9.10. The molecule has 0 saturated carbocycles. The highest BCUT2D eigenvalue weighted by Crippen LogP contribution is 2.23. The van der Waals surface area contributed by atoms with E-state index in [1.807, 2.05) is 22.8 Å². The van der Waals surface area contributed by atoms with Crippen LogP contribution in [-0.2, 0) is 6.54 Å². The van der Waals surface area contributed by atoms with Crippen LogP contribution < -0.4 is 4.80 Å². The highest BCUT2D eigenvalue weighted by atomic mass is 79.9. The van der Waals surface area contributed by atoms with Gasteiger partial charge in [0, 0.05) is 17.1 Å². The summed E-state index contributed by atoms with van der Waals surface area (Å²) in [4.78, 5) is 27.7. The third kappa shape index (κ3) is 3.45. The van der Waals surface area contributed by atoms with E-state index in [0.29, 0.717) is 11.3 Å². The molecule has 8 heteroatoms. The Morgan fingerprint density at radius 2 is 2.12 bits per heavy atom. The number of allylic oxidation sites excluding steroid dienone is 1. The molecule has 0 unspecified atom stereocenters. The van der Waals surface area contributed by atoms with Gasteiger partial charge in [-0.1, -0.05) is 45.5 Å². The summed E-state index contributed by atoms with van der Waals surface area (Å²) in [6, 6.07) is 11.6. The Morgan fingerprint density at radius 1 is 1.36 bits per heavy atom. The van der Waals surface area contributed by atoms with Crippen LogP contribution in [0.1, 0.15) is 10.4 Å². The minimum absolute atomic E-state index is 0.0312. The number of para-hydroxylation sites is 1. The monoisotopic (exact) mass is 417 g/mol. The second-order valence-electron chi connectivity index (χ2n) is 5.09. The average molecular weight is 418 g/mol. The Morgan fingerprint density at radius 3 is 2.84 bits per heavy atom. The molecule has 3 aromatic rings. The lowest BCUT2D eigenvalue weighted by Crippen LogP contribution is -2.16. The van der Waals surface area contributed by atoms with Crippen molar-refractivity contribution >= 4 is 49.1 Å². The first kappa shape index (κ1) is 17.2. The lowest BCUT2D eigenvalue weighted by atomic mass is 10.2. The summed E-state index contributed by atoms with van der Waals surface area (Å²) >= 11 is 4.77. The van der Waals surface area contributed by atoms with Crippen molar-refractivity contribution < 1.29 is 9.72 Å². The molecule has 1 heterocycles. The van der Waals surface area contributed by atoms with Gasteiger partial charge in [-0.3, -0.25) is 14.9 Å². The molecule has 6 nitrogen and oxygen atoms in total. The van der Waals surface area contributed by atoms with Gasteiger partial charge in [0.2, 0.25) is 0 Å². The van der Waals surface area contributed by atoms with Gasteiger partial charge in [-0.15, -0.1) is 6.58 Å². The Hall–Kier alpha value is -2.58. The van der Waals surface area contributed by atoms with E-state index < -0.39 is 10.8 Å². The van der Waals surface area contributed by atoms with E-state index in [2.05, 4.69) is 27.5 Å². The molecule has 0 saturated heterocycles. The van der Waals surface area contributed by atoms with Gasteiger partial charge in [0.05, 0.1) is 15.1 Å². The van der Waals surface area contributed by atoms with Gasteiger partial charge in [0.25, 0.3) is 11.6 Å². The molecule has 0 fully saturated rings. The molecule has 0 aliphatic rings. The van der Waals surface area contributed by atoms with E-state index in [1.165, 1.54) is 29.5 Å². The number of hydrogen-bond acceptors (Lipinski definition) is 4. The number of rotatable bonds is 4. The molecule has 0 radical (unpaired) electrons. The van der Waals surface area contributed by atoms with Crippen molar-refractivity contribution in [3.8, 4) is 0 Å². The molecule has 1 aromatic heterocycles. The average Bonchev–Trinajstić information content (AvgIpc) is 2.91. The lowest BCUT2D eigenvalue weighted by molar-refractivity contribution is -0.385. The number of thiazole rings is 1. The second kappa shape index (κ2) is 7.12. The fourth-order valence-corrected chi connectivity index (χ4v) is 3.99. The molecule has 0 spiro atoms. The number of halogens is 1. The smallest absolute Gasteiger partial charge is 0.286 e. The normalized spacial score (nSPS) is 11.6. The van der Waals surface area contributed by atoms with Crippen LogP contribution in [0.4, 0.5) is 5.69 Å². The van der Waals surface area contributed by atoms with Gasteiger partial charge in [0.1, 0.15) is 5.56 Å². The molecule has 0 N–H and O–H groups in total. The van der Waals surface area contributed by atoms with Crippen molar-refractivity contribution in [2.45, 2.75) is 6.54 Å². The van der Waals surface area contributed by atoms with Crippen LogP contribution in [0.3, 0.4) is 0 Å². The number of nitrogens with zero attached hydrogens (tertiary/aromatic N) is 3. The van der Waals surface area contributed by atoms with Gasteiger partial charge < -0.3 is 4.57 Å². The van der Waals surface area contributed by atoms with Gasteiger partial charge in [-0.05, 0) is 24.3 Å². The zero-order valence-corrected chi connectivity index (χ0v) is 15.3. The number of hydrogen-bond donors (Lipinski definition) is 0. The zero-order chi connectivity index (χ0) is 18.0. The number of carbonyl (C=O) groups is 1. The molecule has 126 valence electrons. The van der Waals surface area contributed by atoms with Gasteiger partial charge in [-0.2, -0.15) is 4.99 Å². The fourth-order valence-electron chi connectivity index (χ4n) is 2.40. The summed E-state index contributed by atoms with van der Waals surface area (Å²) in [7, 11) is 0. The standard InChI is InChI=1S/C17H12BrN3O3S/c1-2-9-20-14-8-7-11(18)10-15(14)25-17(20)19-16(22)12-5-3-4-6-13(12)21(23)24/h2-8,10H,1,9H2. The van der Waals surface area contributed by atoms with Crippen molar-refractivity contribution in [2.75, 3.05) is 0 Å². The molecule has 0 aliphatic carbocycles. The SMILES string of the molecule is C=CCn1c(=NC(=O)c2ccccc2[N+](=O)[O-])sc2cc(Br)ccc21. The number of amides is 1. The third-order valence-electron chi connectivity index (χ3n) is 3.48. The Balaban J connectivity index is 2.18. The largest absolute Gasteiger partial charge is 0.312 e. The number of carbonyl (C=O) groups excluding carboxylic acids is 1. The minimum Gasteiger partial charge on any atom is -0.312 e. The van der Waals surface area contributed by atoms with Gasteiger partial charge in [0.15, 0.2) is 4.80 Å². The predicted octanol–water partition coefficient (Wildman–Crippen LogP) is 4.30.